The van der Waals surface area contributed by atoms with Crippen molar-refractivity contribution < 1.29 is 18.0 Å². The maximum atomic E-state index is 12.4. The number of amides is 1. The minimum Gasteiger partial charge on any atom is -0.397 e. The average Bonchev–Trinajstić information content (AvgIpc) is 2.38. The lowest BCUT2D eigenvalue weighted by molar-refractivity contribution is -0.137. The molecule has 20 heavy (non-hydrogen) atoms. The van der Waals surface area contributed by atoms with Crippen molar-refractivity contribution in [2.24, 2.45) is 0 Å². The number of nitrogen functional groups attached to an aromatic ring is 1. The first-order valence-corrected chi connectivity index (χ1v) is 5.56. The molecule has 0 aliphatic carbocycles. The molecular formula is C13H10F3N3O. The van der Waals surface area contributed by atoms with Gasteiger partial charge in [-0.15, -0.1) is 0 Å². The summed E-state index contributed by atoms with van der Waals surface area (Å²) in [6.07, 6.45) is -1.68. The number of nitrogens with zero attached hydrogens (tertiary/aromatic N) is 1. The Balaban J connectivity index is 2.15. The zero-order valence-electron chi connectivity index (χ0n) is 10.1. The number of pyridine rings is 1. The summed E-state index contributed by atoms with van der Waals surface area (Å²) in [5, 5.41) is 2.46. The number of rotatable bonds is 2. The zero-order valence-corrected chi connectivity index (χ0v) is 10.1. The van der Waals surface area contributed by atoms with Crippen LogP contribution in [0.2, 0.25) is 0 Å². The van der Waals surface area contributed by atoms with E-state index in [0.29, 0.717) is 0 Å². The quantitative estimate of drug-likeness (QED) is 0.889. The SMILES string of the molecule is Nc1cnccc1C(=O)Nc1ccc(C(F)(F)F)cc1. The fourth-order valence-corrected chi connectivity index (χ4v) is 1.55. The molecule has 0 fully saturated rings. The summed E-state index contributed by atoms with van der Waals surface area (Å²) in [6, 6.07) is 5.57. The van der Waals surface area contributed by atoms with Crippen LogP contribution >= 0.6 is 0 Å². The summed E-state index contributed by atoms with van der Waals surface area (Å²) in [6.45, 7) is 0. The van der Waals surface area contributed by atoms with Crippen LogP contribution in [-0.2, 0) is 6.18 Å². The predicted octanol–water partition coefficient (Wildman–Crippen LogP) is 2.93. The molecule has 0 aliphatic rings. The van der Waals surface area contributed by atoms with Gasteiger partial charge in [-0.3, -0.25) is 9.78 Å². The molecule has 3 N–H and O–H groups in total. The van der Waals surface area contributed by atoms with Crippen molar-refractivity contribution in [2.45, 2.75) is 6.18 Å². The number of aromatic nitrogens is 1. The number of halogens is 3. The second-order valence-electron chi connectivity index (χ2n) is 3.99. The van der Waals surface area contributed by atoms with E-state index in [2.05, 4.69) is 10.3 Å². The van der Waals surface area contributed by atoms with E-state index in [1.54, 1.807) is 0 Å². The van der Waals surface area contributed by atoms with Gasteiger partial charge in [0.2, 0.25) is 0 Å². The number of nitrogens with two attached hydrogens (primary N) is 1. The standard InChI is InChI=1S/C13H10F3N3O/c14-13(15,16)8-1-3-9(4-2-8)19-12(20)10-5-6-18-7-11(10)17/h1-7H,17H2,(H,19,20). The van der Waals surface area contributed by atoms with Crippen LogP contribution in [0.25, 0.3) is 0 Å². The molecule has 1 heterocycles. The summed E-state index contributed by atoms with van der Waals surface area (Å²) in [4.78, 5) is 15.6. The molecule has 7 heteroatoms. The van der Waals surface area contributed by atoms with E-state index in [1.165, 1.54) is 30.6 Å². The summed E-state index contributed by atoms with van der Waals surface area (Å²) in [7, 11) is 0. The number of carbonyl (C=O) groups excluding carboxylic acids is 1. The minimum atomic E-state index is -4.40. The third kappa shape index (κ3) is 3.05. The van der Waals surface area contributed by atoms with Crippen molar-refractivity contribution in [2.75, 3.05) is 11.1 Å². The number of nitrogens with one attached hydrogen (secondary N) is 1. The van der Waals surface area contributed by atoms with E-state index in [4.69, 9.17) is 5.73 Å². The van der Waals surface area contributed by atoms with Crippen LogP contribution in [0.3, 0.4) is 0 Å². The number of carbonyl (C=O) groups is 1. The monoisotopic (exact) mass is 281 g/mol. The second-order valence-corrected chi connectivity index (χ2v) is 3.99. The van der Waals surface area contributed by atoms with Gasteiger partial charge in [-0.1, -0.05) is 0 Å². The van der Waals surface area contributed by atoms with Crippen LogP contribution in [0.5, 0.6) is 0 Å². The predicted molar refractivity (Wildman–Crippen MR) is 68.0 cm³/mol. The first-order chi connectivity index (χ1) is 9.38. The van der Waals surface area contributed by atoms with E-state index >= 15 is 0 Å². The van der Waals surface area contributed by atoms with Crippen molar-refractivity contribution in [3.05, 3.63) is 53.9 Å². The number of hydrogen-bond acceptors (Lipinski definition) is 3. The first-order valence-electron chi connectivity index (χ1n) is 5.56. The topological polar surface area (TPSA) is 68.0 Å². The van der Waals surface area contributed by atoms with Crippen LogP contribution in [0, 0.1) is 0 Å². The van der Waals surface area contributed by atoms with Gasteiger partial charge in [0.25, 0.3) is 5.91 Å². The molecule has 2 rings (SSSR count). The van der Waals surface area contributed by atoms with Gasteiger partial charge >= 0.3 is 6.18 Å². The fraction of sp³-hybridized carbons (Fsp3) is 0.0769. The van der Waals surface area contributed by atoms with Crippen molar-refractivity contribution in [3.63, 3.8) is 0 Å². The van der Waals surface area contributed by atoms with Gasteiger partial charge in [0.05, 0.1) is 23.0 Å². The number of benzene rings is 1. The Labute approximate surface area is 112 Å². The Morgan fingerprint density at radius 3 is 2.35 bits per heavy atom. The Morgan fingerprint density at radius 2 is 1.80 bits per heavy atom. The molecule has 1 amide bonds. The van der Waals surface area contributed by atoms with Gasteiger partial charge < -0.3 is 11.1 Å². The molecule has 0 unspecified atom stereocenters. The highest BCUT2D eigenvalue weighted by atomic mass is 19.4. The van der Waals surface area contributed by atoms with E-state index < -0.39 is 17.6 Å². The van der Waals surface area contributed by atoms with E-state index in [9.17, 15) is 18.0 Å². The minimum absolute atomic E-state index is 0.192. The highest BCUT2D eigenvalue weighted by Crippen LogP contribution is 2.29. The third-order valence-corrected chi connectivity index (χ3v) is 2.57. The third-order valence-electron chi connectivity index (χ3n) is 2.57. The molecular weight excluding hydrogens is 271 g/mol. The summed E-state index contributed by atoms with van der Waals surface area (Å²) < 4.78 is 37.2. The Kier molecular flexibility index (Phi) is 3.60. The Morgan fingerprint density at radius 1 is 1.15 bits per heavy atom. The lowest BCUT2D eigenvalue weighted by atomic mass is 10.2. The molecule has 0 spiro atoms. The number of hydrogen-bond donors (Lipinski definition) is 2. The number of alkyl halides is 3. The van der Waals surface area contributed by atoms with Crippen LogP contribution in [0.1, 0.15) is 15.9 Å². The summed E-state index contributed by atoms with van der Waals surface area (Å²) in [5.41, 5.74) is 5.45. The van der Waals surface area contributed by atoms with E-state index in [0.717, 1.165) is 12.1 Å². The van der Waals surface area contributed by atoms with E-state index in [-0.39, 0.29) is 16.9 Å². The molecule has 2 aromatic rings. The fourth-order valence-electron chi connectivity index (χ4n) is 1.55. The van der Waals surface area contributed by atoms with Crippen molar-refractivity contribution in [3.8, 4) is 0 Å². The van der Waals surface area contributed by atoms with Gasteiger partial charge in [0, 0.05) is 11.9 Å². The maximum Gasteiger partial charge on any atom is 0.416 e. The highest BCUT2D eigenvalue weighted by Gasteiger charge is 2.30. The zero-order chi connectivity index (χ0) is 14.8. The Hall–Kier alpha value is -2.57. The van der Waals surface area contributed by atoms with Gasteiger partial charge in [-0.25, -0.2) is 0 Å². The lowest BCUT2D eigenvalue weighted by Crippen LogP contribution is -2.14. The molecule has 0 bridgehead atoms. The lowest BCUT2D eigenvalue weighted by Gasteiger charge is -2.09. The van der Waals surface area contributed by atoms with Crippen molar-refractivity contribution in [1.82, 2.24) is 4.98 Å². The number of anilines is 2. The molecule has 0 atom stereocenters. The summed E-state index contributed by atoms with van der Waals surface area (Å²) >= 11 is 0. The van der Waals surface area contributed by atoms with Crippen molar-refractivity contribution >= 4 is 17.3 Å². The summed E-state index contributed by atoms with van der Waals surface area (Å²) in [5.74, 6) is -0.510. The van der Waals surface area contributed by atoms with Crippen LogP contribution < -0.4 is 11.1 Å². The van der Waals surface area contributed by atoms with Gasteiger partial charge in [0.15, 0.2) is 0 Å². The molecule has 104 valence electrons. The Bertz CT molecular complexity index is 624. The molecule has 1 aromatic heterocycles. The largest absolute Gasteiger partial charge is 0.416 e. The van der Waals surface area contributed by atoms with Gasteiger partial charge in [-0.05, 0) is 30.3 Å². The van der Waals surface area contributed by atoms with Gasteiger partial charge in [0.1, 0.15) is 0 Å². The molecule has 0 radical (unpaired) electrons. The molecule has 4 nitrogen and oxygen atoms in total. The maximum absolute atomic E-state index is 12.4. The van der Waals surface area contributed by atoms with Gasteiger partial charge in [-0.2, -0.15) is 13.2 Å². The van der Waals surface area contributed by atoms with E-state index in [1.807, 2.05) is 0 Å². The van der Waals surface area contributed by atoms with Crippen molar-refractivity contribution in [1.29, 1.82) is 0 Å². The molecule has 0 aliphatic heterocycles. The smallest absolute Gasteiger partial charge is 0.397 e. The molecule has 0 saturated carbocycles. The van der Waals surface area contributed by atoms with Crippen LogP contribution in [-0.4, -0.2) is 10.9 Å². The van der Waals surface area contributed by atoms with Crippen LogP contribution in [0.4, 0.5) is 24.5 Å². The molecule has 1 aromatic carbocycles. The second kappa shape index (κ2) is 5.20. The molecule has 0 saturated heterocycles. The highest BCUT2D eigenvalue weighted by molar-refractivity contribution is 6.07. The first kappa shape index (κ1) is 13.9. The average molecular weight is 281 g/mol. The van der Waals surface area contributed by atoms with Crippen LogP contribution in [0.15, 0.2) is 42.7 Å². The normalized spacial score (nSPS) is 11.2.